The maximum Gasteiger partial charge on any atom is 0.259 e. The first-order valence-corrected chi connectivity index (χ1v) is 10.6. The van der Waals surface area contributed by atoms with E-state index in [-0.39, 0.29) is 17.5 Å². The van der Waals surface area contributed by atoms with Crippen LogP contribution in [0.2, 0.25) is 0 Å². The molecule has 7 heteroatoms. The van der Waals surface area contributed by atoms with Gasteiger partial charge in [0, 0.05) is 25.0 Å². The van der Waals surface area contributed by atoms with Crippen LogP contribution in [0.15, 0.2) is 35.3 Å². The molecule has 0 spiro atoms. The second-order valence-electron chi connectivity index (χ2n) is 8.19. The number of aromatic nitrogens is 3. The van der Waals surface area contributed by atoms with Crippen LogP contribution in [-0.4, -0.2) is 34.0 Å². The third kappa shape index (κ3) is 2.83. The van der Waals surface area contributed by atoms with E-state index >= 15 is 0 Å². The van der Waals surface area contributed by atoms with E-state index in [1.54, 1.807) is 17.8 Å². The van der Waals surface area contributed by atoms with Crippen molar-refractivity contribution in [2.45, 2.75) is 37.9 Å². The normalized spacial score (nSPS) is 26.7. The molecule has 0 radical (unpaired) electrons. The Morgan fingerprint density at radius 2 is 2.07 bits per heavy atom. The van der Waals surface area contributed by atoms with Crippen molar-refractivity contribution in [2.24, 2.45) is 18.9 Å². The minimum absolute atomic E-state index is 0.00905. The summed E-state index contributed by atoms with van der Waals surface area (Å²) in [6, 6.07) is 7.54. The topological polar surface area (TPSA) is 51.0 Å². The monoisotopic (exact) mass is 398 g/mol. The molecule has 3 aromatic heterocycles. The molecule has 5 rings (SSSR count). The van der Waals surface area contributed by atoms with Gasteiger partial charge in [0.25, 0.3) is 5.56 Å². The molecule has 2 bridgehead atoms. The molecule has 5 nitrogen and oxygen atoms in total. The SMILES string of the molecule is CN(c1ccc(-c2cc3c(=O)n(C)ccc3s2)nn1)[C@@H]1C[C@H]2CC[C@H](C2)[C@@H]1F. The van der Waals surface area contributed by atoms with E-state index in [0.29, 0.717) is 17.1 Å². The van der Waals surface area contributed by atoms with Crippen molar-refractivity contribution < 1.29 is 4.39 Å². The zero-order valence-corrected chi connectivity index (χ0v) is 16.8. The summed E-state index contributed by atoms with van der Waals surface area (Å²) in [4.78, 5) is 15.2. The Hall–Kier alpha value is -2.28. The van der Waals surface area contributed by atoms with Crippen molar-refractivity contribution in [3.8, 4) is 10.6 Å². The first kappa shape index (κ1) is 17.8. The maximum atomic E-state index is 14.9. The van der Waals surface area contributed by atoms with Crippen molar-refractivity contribution in [2.75, 3.05) is 11.9 Å². The molecule has 0 aliphatic heterocycles. The number of nitrogens with zero attached hydrogens (tertiary/aromatic N) is 4. The van der Waals surface area contributed by atoms with Crippen molar-refractivity contribution in [3.05, 3.63) is 40.8 Å². The maximum absolute atomic E-state index is 14.9. The molecule has 0 unspecified atom stereocenters. The molecule has 0 amide bonds. The zero-order valence-electron chi connectivity index (χ0n) is 16.0. The molecular weight excluding hydrogens is 375 g/mol. The van der Waals surface area contributed by atoms with Gasteiger partial charge in [0.15, 0.2) is 5.82 Å². The first-order valence-electron chi connectivity index (χ1n) is 9.81. The summed E-state index contributed by atoms with van der Waals surface area (Å²) < 4.78 is 17.4. The Morgan fingerprint density at radius 3 is 2.86 bits per heavy atom. The van der Waals surface area contributed by atoms with Gasteiger partial charge in [-0.25, -0.2) is 4.39 Å². The number of alkyl halides is 1. The van der Waals surface area contributed by atoms with Crippen molar-refractivity contribution >= 4 is 27.2 Å². The van der Waals surface area contributed by atoms with Gasteiger partial charge in [0.05, 0.1) is 16.3 Å². The second-order valence-corrected chi connectivity index (χ2v) is 9.28. The molecule has 0 aromatic carbocycles. The van der Waals surface area contributed by atoms with Crippen LogP contribution in [0, 0.1) is 11.8 Å². The molecule has 2 saturated carbocycles. The van der Waals surface area contributed by atoms with Crippen LogP contribution in [0.3, 0.4) is 0 Å². The molecule has 0 saturated heterocycles. The molecule has 146 valence electrons. The average molecular weight is 399 g/mol. The van der Waals surface area contributed by atoms with Gasteiger partial charge in [0.2, 0.25) is 0 Å². The van der Waals surface area contributed by atoms with Gasteiger partial charge >= 0.3 is 0 Å². The van der Waals surface area contributed by atoms with Gasteiger partial charge in [-0.1, -0.05) is 0 Å². The lowest BCUT2D eigenvalue weighted by atomic mass is 9.83. The molecule has 3 aromatic rings. The molecule has 0 N–H and O–H groups in total. The highest BCUT2D eigenvalue weighted by Gasteiger charge is 2.44. The summed E-state index contributed by atoms with van der Waals surface area (Å²) >= 11 is 1.54. The fraction of sp³-hybridized carbons (Fsp3) is 0.476. The lowest BCUT2D eigenvalue weighted by molar-refractivity contribution is 0.144. The van der Waals surface area contributed by atoms with Gasteiger partial charge < -0.3 is 9.47 Å². The predicted octanol–water partition coefficient (Wildman–Crippen LogP) is 4.02. The van der Waals surface area contributed by atoms with Gasteiger partial charge in [-0.2, -0.15) is 0 Å². The van der Waals surface area contributed by atoms with E-state index in [2.05, 4.69) is 10.2 Å². The molecule has 2 aliphatic carbocycles. The second kappa shape index (κ2) is 6.65. The fourth-order valence-corrected chi connectivity index (χ4v) is 5.86. The van der Waals surface area contributed by atoms with E-state index < -0.39 is 6.17 Å². The molecule has 3 heterocycles. The highest BCUT2D eigenvalue weighted by Crippen LogP contribution is 2.45. The number of rotatable bonds is 3. The third-order valence-corrected chi connectivity index (χ3v) is 7.62. The van der Waals surface area contributed by atoms with E-state index in [1.807, 2.05) is 36.2 Å². The quantitative estimate of drug-likeness (QED) is 0.669. The molecule has 2 aliphatic rings. The summed E-state index contributed by atoms with van der Waals surface area (Å²) in [5.74, 6) is 1.56. The summed E-state index contributed by atoms with van der Waals surface area (Å²) in [5.41, 5.74) is 0.728. The summed E-state index contributed by atoms with van der Waals surface area (Å²) in [5, 5.41) is 9.46. The van der Waals surface area contributed by atoms with Crippen LogP contribution >= 0.6 is 11.3 Å². The lowest BCUT2D eigenvalue weighted by Gasteiger charge is -2.38. The van der Waals surface area contributed by atoms with Gasteiger partial charge in [-0.05, 0) is 61.8 Å². The highest BCUT2D eigenvalue weighted by molar-refractivity contribution is 7.22. The number of hydrogen-bond acceptors (Lipinski definition) is 5. The Morgan fingerprint density at radius 1 is 1.21 bits per heavy atom. The molecule has 28 heavy (non-hydrogen) atoms. The van der Waals surface area contributed by atoms with Crippen LogP contribution in [0.5, 0.6) is 0 Å². The predicted molar refractivity (Wildman–Crippen MR) is 111 cm³/mol. The minimum atomic E-state index is -0.788. The van der Waals surface area contributed by atoms with Crippen LogP contribution < -0.4 is 10.5 Å². The van der Waals surface area contributed by atoms with E-state index in [0.717, 1.165) is 41.0 Å². The van der Waals surface area contributed by atoms with Crippen LogP contribution in [0.25, 0.3) is 20.7 Å². The van der Waals surface area contributed by atoms with Crippen molar-refractivity contribution in [3.63, 3.8) is 0 Å². The first-order chi connectivity index (χ1) is 13.5. The number of halogens is 1. The Bertz CT molecular complexity index is 1080. The average Bonchev–Trinajstić information content (AvgIpc) is 3.32. The standard InChI is InChI=1S/C21H23FN4OS/c1-25-8-7-17-14(21(25)27)11-18(28-17)15-5-6-19(24-23-15)26(2)16-10-12-3-4-13(9-12)20(16)22/h5-8,11-13,16,20H,3-4,9-10H2,1-2H3/t12-,13+,16+,20-/m0/s1. The third-order valence-electron chi connectivity index (χ3n) is 6.50. The van der Waals surface area contributed by atoms with Crippen molar-refractivity contribution in [1.82, 2.24) is 14.8 Å². The molecule has 2 fully saturated rings. The largest absolute Gasteiger partial charge is 0.352 e. The smallest absolute Gasteiger partial charge is 0.259 e. The molecular formula is C21H23FN4OS. The number of thiophene rings is 1. The van der Waals surface area contributed by atoms with E-state index in [1.165, 1.54) is 11.3 Å². The minimum Gasteiger partial charge on any atom is -0.352 e. The van der Waals surface area contributed by atoms with Gasteiger partial charge in [0.1, 0.15) is 11.9 Å². The van der Waals surface area contributed by atoms with Crippen LogP contribution in [0.1, 0.15) is 25.7 Å². The number of fused-ring (bicyclic) bond motifs is 3. The van der Waals surface area contributed by atoms with Gasteiger partial charge in [-0.15, -0.1) is 21.5 Å². The van der Waals surface area contributed by atoms with Crippen LogP contribution in [-0.2, 0) is 7.05 Å². The van der Waals surface area contributed by atoms with Gasteiger partial charge in [-0.3, -0.25) is 4.79 Å². The van der Waals surface area contributed by atoms with E-state index in [9.17, 15) is 9.18 Å². The molecule has 4 atom stereocenters. The summed E-state index contributed by atoms with van der Waals surface area (Å²) in [7, 11) is 3.67. The fourth-order valence-electron chi connectivity index (χ4n) is 4.85. The Kier molecular flexibility index (Phi) is 4.23. The Balaban J connectivity index is 1.41. The summed E-state index contributed by atoms with van der Waals surface area (Å²) in [6.07, 6.45) is 5.11. The lowest BCUT2D eigenvalue weighted by Crippen LogP contribution is -2.46. The summed E-state index contributed by atoms with van der Waals surface area (Å²) in [6.45, 7) is 0. The van der Waals surface area contributed by atoms with E-state index in [4.69, 9.17) is 0 Å². The highest BCUT2D eigenvalue weighted by atomic mass is 32.1. The Labute approximate surface area is 166 Å². The number of anilines is 1. The van der Waals surface area contributed by atoms with Crippen LogP contribution in [0.4, 0.5) is 10.2 Å². The number of aryl methyl sites for hydroxylation is 1. The van der Waals surface area contributed by atoms with Crippen molar-refractivity contribution in [1.29, 1.82) is 0 Å². The number of pyridine rings is 1. The zero-order chi connectivity index (χ0) is 19.4. The number of hydrogen-bond donors (Lipinski definition) is 0.